The van der Waals surface area contributed by atoms with Gasteiger partial charge in [-0.1, -0.05) is 51.2 Å². The highest BCUT2D eigenvalue weighted by Gasteiger charge is 2.43. The quantitative estimate of drug-likeness (QED) is 0.120. The van der Waals surface area contributed by atoms with E-state index in [1.165, 1.54) is 55.0 Å². The van der Waals surface area contributed by atoms with Crippen LogP contribution in [0.3, 0.4) is 0 Å². The Morgan fingerprint density at radius 3 is 1.89 bits per heavy atom. The number of nitrogens with one attached hydrogen (secondary N) is 5. The first-order valence-electron chi connectivity index (χ1n) is 23.7. The maximum absolute atomic E-state index is 14.2. The molecule has 2 aromatic carbocycles. The zero-order valence-corrected chi connectivity index (χ0v) is 38.5. The predicted octanol–water partition coefficient (Wildman–Crippen LogP) is 1.97. The topological polar surface area (TPSA) is 256 Å². The summed E-state index contributed by atoms with van der Waals surface area (Å²) in [6.45, 7) is 5.72. The van der Waals surface area contributed by atoms with Crippen LogP contribution in [0.5, 0.6) is 11.5 Å². The number of carbonyl (C=O) groups is 7. The van der Waals surface area contributed by atoms with Crippen LogP contribution in [0.2, 0.25) is 0 Å². The largest absolute Gasteiger partial charge is 0.508 e. The zero-order chi connectivity index (χ0) is 47.8. The lowest BCUT2D eigenvalue weighted by Crippen LogP contribution is -2.61. The number of benzene rings is 2. The molecule has 8 atom stereocenters. The maximum atomic E-state index is 14.2. The summed E-state index contributed by atoms with van der Waals surface area (Å²) >= 11 is 0. The Kier molecular flexibility index (Phi) is 19.6. The van der Waals surface area contributed by atoms with Crippen molar-refractivity contribution in [2.75, 3.05) is 26.2 Å². The molecule has 362 valence electrons. The summed E-state index contributed by atoms with van der Waals surface area (Å²) in [7, 11) is 0. The lowest BCUT2D eigenvalue weighted by Gasteiger charge is -2.32. The van der Waals surface area contributed by atoms with Crippen molar-refractivity contribution in [3.8, 4) is 11.5 Å². The molecule has 0 radical (unpaired) electrons. The van der Waals surface area contributed by atoms with Gasteiger partial charge in [-0.05, 0) is 114 Å². The van der Waals surface area contributed by atoms with E-state index in [0.717, 1.165) is 24.8 Å². The number of phenols is 1. The minimum absolute atomic E-state index is 0.00173. The second kappa shape index (κ2) is 25.2. The number of fused-ring (bicyclic) bond motifs is 2. The molecule has 3 saturated heterocycles. The average Bonchev–Trinajstić information content (AvgIpc) is 4.01. The number of unbranched alkanes of at least 4 members (excludes halogenated alkanes) is 5. The van der Waals surface area contributed by atoms with Crippen LogP contribution in [-0.2, 0) is 35.2 Å². The number of aryl methyl sites for hydroxylation is 1. The summed E-state index contributed by atoms with van der Waals surface area (Å²) in [5, 5.41) is 45.1. The van der Waals surface area contributed by atoms with Crippen LogP contribution in [0.4, 0.5) is 0 Å². The summed E-state index contributed by atoms with van der Waals surface area (Å²) in [5.41, 5.74) is 0.978. The maximum Gasteiger partial charge on any atom is 0.251 e. The second-order valence-corrected chi connectivity index (χ2v) is 17.7. The minimum Gasteiger partial charge on any atom is -0.508 e. The van der Waals surface area contributed by atoms with E-state index in [-0.39, 0.29) is 63.1 Å². The van der Waals surface area contributed by atoms with Gasteiger partial charge in [0.15, 0.2) is 0 Å². The van der Waals surface area contributed by atoms with Crippen molar-refractivity contribution in [2.24, 2.45) is 0 Å². The number of nitrogens with zero attached hydrogens (tertiary/aromatic N) is 2. The first-order valence-corrected chi connectivity index (χ1v) is 23.7. The van der Waals surface area contributed by atoms with Gasteiger partial charge in [0, 0.05) is 25.2 Å². The highest BCUT2D eigenvalue weighted by molar-refractivity contribution is 6.00. The SMILES string of the molecule is CCCCCCCCOc1ccc(C(=O)NC2CCCNC(=O)[C@@H]3CCCN3C(=O)[C@H]([C@@H](C)O)NC(=O)[C@H](CCc3ccc(O)cc3)NC(=O)[C@@H]3CCCN3C(=O)[C@H]([C@@H](C)O)NC2=O)cc1. The Hall–Kier alpha value is -5.75. The summed E-state index contributed by atoms with van der Waals surface area (Å²) in [6.07, 6.45) is 5.75. The molecule has 3 heterocycles. The van der Waals surface area contributed by atoms with Gasteiger partial charge in [0.2, 0.25) is 35.4 Å². The normalized spacial score (nSPS) is 24.7. The molecule has 0 saturated carbocycles. The molecule has 3 aliphatic heterocycles. The number of aromatic hydroxyl groups is 1. The third-order valence-corrected chi connectivity index (χ3v) is 12.5. The summed E-state index contributed by atoms with van der Waals surface area (Å²) < 4.78 is 5.87. The summed E-state index contributed by atoms with van der Waals surface area (Å²) in [4.78, 5) is 100. The second-order valence-electron chi connectivity index (χ2n) is 17.7. The number of phenolic OH excluding ortho intramolecular Hbond substituents is 1. The molecule has 1 unspecified atom stereocenters. The van der Waals surface area contributed by atoms with Gasteiger partial charge >= 0.3 is 0 Å². The van der Waals surface area contributed by atoms with Crippen LogP contribution < -0.4 is 31.3 Å². The number of hydrogen-bond donors (Lipinski definition) is 8. The smallest absolute Gasteiger partial charge is 0.251 e. The monoisotopic (exact) mass is 920 g/mol. The average molecular weight is 920 g/mol. The lowest BCUT2D eigenvalue weighted by molar-refractivity contribution is -0.145. The van der Waals surface area contributed by atoms with E-state index in [4.69, 9.17) is 4.74 Å². The fraction of sp³-hybridized carbons (Fsp3) is 0.604. The van der Waals surface area contributed by atoms with Crippen molar-refractivity contribution in [3.05, 3.63) is 59.7 Å². The van der Waals surface area contributed by atoms with E-state index in [9.17, 15) is 48.9 Å². The molecule has 0 aliphatic carbocycles. The number of ether oxygens (including phenoxy) is 1. The van der Waals surface area contributed by atoms with Gasteiger partial charge in [-0.3, -0.25) is 33.6 Å². The molecule has 5 rings (SSSR count). The molecular weight excluding hydrogens is 851 g/mol. The molecule has 0 bridgehead atoms. The zero-order valence-electron chi connectivity index (χ0n) is 38.5. The Bertz CT molecular complexity index is 1960. The summed E-state index contributed by atoms with van der Waals surface area (Å²) in [6, 6.07) is 5.27. The van der Waals surface area contributed by atoms with E-state index in [1.54, 1.807) is 36.4 Å². The molecule has 0 aromatic heterocycles. The van der Waals surface area contributed by atoms with E-state index in [1.807, 2.05) is 0 Å². The van der Waals surface area contributed by atoms with Crippen molar-refractivity contribution in [1.82, 2.24) is 36.4 Å². The molecule has 3 aliphatic rings. The van der Waals surface area contributed by atoms with Crippen LogP contribution in [0.1, 0.15) is 120 Å². The van der Waals surface area contributed by atoms with Gasteiger partial charge in [-0.25, -0.2) is 0 Å². The van der Waals surface area contributed by atoms with Crippen molar-refractivity contribution in [2.45, 2.75) is 159 Å². The van der Waals surface area contributed by atoms with Crippen LogP contribution in [0, 0.1) is 0 Å². The molecular formula is C48H69N7O11. The highest BCUT2D eigenvalue weighted by Crippen LogP contribution is 2.23. The highest BCUT2D eigenvalue weighted by atomic mass is 16.5. The Morgan fingerprint density at radius 2 is 1.29 bits per heavy atom. The van der Waals surface area contributed by atoms with Gasteiger partial charge in [0.05, 0.1) is 18.8 Å². The van der Waals surface area contributed by atoms with Crippen molar-refractivity contribution in [1.29, 1.82) is 0 Å². The van der Waals surface area contributed by atoms with E-state index < -0.39 is 89.8 Å². The van der Waals surface area contributed by atoms with Gasteiger partial charge in [0.1, 0.15) is 47.8 Å². The van der Waals surface area contributed by atoms with Crippen LogP contribution in [0.25, 0.3) is 0 Å². The molecule has 66 heavy (non-hydrogen) atoms. The number of rotatable bonds is 15. The third-order valence-electron chi connectivity index (χ3n) is 12.5. The van der Waals surface area contributed by atoms with E-state index >= 15 is 0 Å². The number of amides is 7. The first-order chi connectivity index (χ1) is 31.7. The number of aliphatic hydroxyl groups excluding tert-OH is 2. The van der Waals surface area contributed by atoms with Gasteiger partial charge < -0.3 is 56.4 Å². The molecule has 18 heteroatoms. The van der Waals surface area contributed by atoms with Crippen molar-refractivity contribution in [3.63, 3.8) is 0 Å². The molecule has 7 amide bonds. The number of hydrogen-bond acceptors (Lipinski definition) is 11. The standard InChI is InChI=1S/C48H69N7O11/c1-4-5-6-7-8-9-29-66-35-23-19-33(20-24-35)42(59)50-36-13-10-26-49-45(62)38-14-11-27-54(38)47(64)40(30(2)56)53-44(61)37(25-18-32-16-21-34(58)22-17-32)51-46(63)39-15-12-28-55(39)48(65)41(31(3)57)52-43(36)60/h16-17,19-24,30-31,36-41,56-58H,4-15,18,25-29H2,1-3H3,(H,49,62)(H,50,59)(H,51,63)(H,52,60)(H,53,61)/t30-,31-,36?,37+,38+,39+,40+,41+/m1/s1. The van der Waals surface area contributed by atoms with Gasteiger partial charge in [-0.15, -0.1) is 0 Å². The fourth-order valence-electron chi connectivity index (χ4n) is 8.68. The molecule has 2 aromatic rings. The molecule has 0 spiro atoms. The Labute approximate surface area is 387 Å². The Morgan fingerprint density at radius 1 is 0.712 bits per heavy atom. The first kappa shape index (κ1) is 51.2. The summed E-state index contributed by atoms with van der Waals surface area (Å²) in [5.74, 6) is -4.10. The van der Waals surface area contributed by atoms with E-state index in [0.29, 0.717) is 31.6 Å². The third kappa shape index (κ3) is 14.4. The minimum atomic E-state index is -1.53. The number of aliphatic hydroxyl groups is 2. The predicted molar refractivity (Wildman–Crippen MR) is 244 cm³/mol. The van der Waals surface area contributed by atoms with Crippen LogP contribution in [-0.4, -0.2) is 141 Å². The van der Waals surface area contributed by atoms with Crippen molar-refractivity contribution >= 4 is 41.4 Å². The van der Waals surface area contributed by atoms with Gasteiger partial charge in [-0.2, -0.15) is 0 Å². The lowest BCUT2D eigenvalue weighted by atomic mass is 10.0. The molecule has 3 fully saturated rings. The van der Waals surface area contributed by atoms with Crippen LogP contribution >= 0.6 is 0 Å². The van der Waals surface area contributed by atoms with E-state index in [2.05, 4.69) is 33.5 Å². The fourth-order valence-corrected chi connectivity index (χ4v) is 8.68. The molecule has 18 nitrogen and oxygen atoms in total. The van der Waals surface area contributed by atoms with Gasteiger partial charge in [0.25, 0.3) is 5.91 Å². The number of carbonyl (C=O) groups excluding carboxylic acids is 7. The van der Waals surface area contributed by atoms with Crippen LogP contribution in [0.15, 0.2) is 48.5 Å². The van der Waals surface area contributed by atoms with Crippen molar-refractivity contribution < 1.29 is 53.6 Å². The Balaban J connectivity index is 1.38. The molecule has 8 N–H and O–H groups in total.